The number of ether oxygens (including phenoxy) is 2. The van der Waals surface area contributed by atoms with E-state index in [-0.39, 0.29) is 28.6 Å². The highest BCUT2D eigenvalue weighted by atomic mass is 32.1. The Labute approximate surface area is 181 Å². The summed E-state index contributed by atoms with van der Waals surface area (Å²) < 4.78 is 41.7. The minimum Gasteiger partial charge on any atom is -0.471 e. The Hall–Kier alpha value is -2.83. The Morgan fingerprint density at radius 3 is 2.81 bits per heavy atom. The Kier molecular flexibility index (Phi) is 8.09. The van der Waals surface area contributed by atoms with Crippen molar-refractivity contribution in [3.63, 3.8) is 0 Å². The molecule has 1 aromatic heterocycles. The van der Waals surface area contributed by atoms with Crippen LogP contribution in [0.3, 0.4) is 0 Å². The monoisotopic (exact) mass is 455 g/mol. The molecule has 1 saturated heterocycles. The van der Waals surface area contributed by atoms with Crippen molar-refractivity contribution in [2.75, 3.05) is 44.7 Å². The molecule has 0 radical (unpaired) electrons. The predicted molar refractivity (Wildman–Crippen MR) is 110 cm³/mol. The van der Waals surface area contributed by atoms with Crippen LogP contribution in [0.5, 0.6) is 5.88 Å². The second-order valence-corrected chi connectivity index (χ2v) is 7.52. The van der Waals surface area contributed by atoms with Gasteiger partial charge in [-0.3, -0.25) is 15.0 Å². The second kappa shape index (κ2) is 11.0. The highest BCUT2D eigenvalue weighted by Gasteiger charge is 2.22. The summed E-state index contributed by atoms with van der Waals surface area (Å²) in [6.45, 7) is 4.09. The number of amides is 3. The van der Waals surface area contributed by atoms with Crippen molar-refractivity contribution in [1.29, 1.82) is 0 Å². The van der Waals surface area contributed by atoms with E-state index in [1.807, 2.05) is 0 Å². The van der Waals surface area contributed by atoms with Crippen molar-refractivity contribution < 1.29 is 27.8 Å². The second-order valence-electron chi connectivity index (χ2n) is 6.75. The maximum atomic E-state index is 13.8. The number of urea groups is 1. The summed E-state index contributed by atoms with van der Waals surface area (Å²) >= 11 is 0.800. The molecule has 9 nitrogen and oxygen atoms in total. The van der Waals surface area contributed by atoms with Crippen LogP contribution < -0.4 is 21.1 Å². The molecule has 0 unspecified atom stereocenters. The Bertz CT molecular complexity index is 921. The molecule has 1 fully saturated rings. The predicted octanol–water partition coefficient (Wildman–Crippen LogP) is 1.94. The number of primary amides is 1. The number of carbonyl (C=O) groups is 2. The number of hydrogen-bond acceptors (Lipinski definition) is 7. The van der Waals surface area contributed by atoms with Gasteiger partial charge in [-0.15, -0.1) is 0 Å². The number of hydrogen-bond donors (Lipinski definition) is 3. The third kappa shape index (κ3) is 6.32. The van der Waals surface area contributed by atoms with Crippen LogP contribution in [0.1, 0.15) is 22.3 Å². The fourth-order valence-corrected chi connectivity index (χ4v) is 3.70. The summed E-state index contributed by atoms with van der Waals surface area (Å²) in [5.41, 5.74) is 5.21. The molecule has 1 aliphatic rings. The molecule has 0 bridgehead atoms. The van der Waals surface area contributed by atoms with Crippen LogP contribution in [-0.2, 0) is 11.3 Å². The van der Waals surface area contributed by atoms with E-state index < -0.39 is 23.6 Å². The van der Waals surface area contributed by atoms with Crippen molar-refractivity contribution >= 4 is 28.5 Å². The lowest BCUT2D eigenvalue weighted by atomic mass is 10.2. The van der Waals surface area contributed by atoms with E-state index in [1.54, 1.807) is 0 Å². The Morgan fingerprint density at radius 1 is 1.29 bits per heavy atom. The minimum absolute atomic E-state index is 0.0454. The number of anilines is 1. The van der Waals surface area contributed by atoms with Crippen LogP contribution in [0.15, 0.2) is 18.2 Å². The number of rotatable bonds is 9. The molecule has 3 amide bonds. The summed E-state index contributed by atoms with van der Waals surface area (Å²) in [5.74, 6) is -3.09. The highest BCUT2D eigenvalue weighted by Crippen LogP contribution is 2.31. The SMILES string of the molecule is NC(=O)c1c(OCc2cccc(F)c2F)nsc1NC(=O)NCCCN1CCOCC1. The number of nitrogens with zero attached hydrogens (tertiary/aromatic N) is 2. The third-order valence-corrected chi connectivity index (χ3v) is 5.32. The van der Waals surface area contributed by atoms with E-state index >= 15 is 0 Å². The zero-order valence-corrected chi connectivity index (χ0v) is 17.5. The summed E-state index contributed by atoms with van der Waals surface area (Å²) in [5, 5.41) is 5.34. The molecule has 0 aliphatic carbocycles. The fraction of sp³-hybridized carbons (Fsp3) is 0.421. The first kappa shape index (κ1) is 22.8. The van der Waals surface area contributed by atoms with Gasteiger partial charge in [0.2, 0.25) is 5.88 Å². The molecule has 12 heteroatoms. The lowest BCUT2D eigenvalue weighted by molar-refractivity contribution is 0.0375. The van der Waals surface area contributed by atoms with Crippen LogP contribution in [0.2, 0.25) is 0 Å². The molecule has 0 spiro atoms. The molecule has 2 heterocycles. The van der Waals surface area contributed by atoms with Gasteiger partial charge < -0.3 is 20.5 Å². The van der Waals surface area contributed by atoms with Crippen molar-refractivity contribution in [2.45, 2.75) is 13.0 Å². The summed E-state index contributed by atoms with van der Waals surface area (Å²) in [6.07, 6.45) is 0.756. The Morgan fingerprint density at radius 2 is 2.06 bits per heavy atom. The topological polar surface area (TPSA) is 119 Å². The molecular weight excluding hydrogens is 432 g/mol. The number of aromatic nitrogens is 1. The van der Waals surface area contributed by atoms with Crippen molar-refractivity contribution in [1.82, 2.24) is 14.6 Å². The summed E-state index contributed by atoms with van der Waals surface area (Å²) in [7, 11) is 0. The van der Waals surface area contributed by atoms with E-state index in [2.05, 4.69) is 19.9 Å². The van der Waals surface area contributed by atoms with Gasteiger partial charge in [0, 0.05) is 25.2 Å². The van der Waals surface area contributed by atoms with Gasteiger partial charge in [-0.1, -0.05) is 12.1 Å². The van der Waals surface area contributed by atoms with Crippen molar-refractivity contribution in [2.24, 2.45) is 5.73 Å². The van der Waals surface area contributed by atoms with Crippen LogP contribution >= 0.6 is 11.5 Å². The van der Waals surface area contributed by atoms with Crippen LogP contribution in [0.4, 0.5) is 18.6 Å². The van der Waals surface area contributed by atoms with Gasteiger partial charge in [0.1, 0.15) is 17.2 Å². The minimum atomic E-state index is -1.05. The van der Waals surface area contributed by atoms with Gasteiger partial charge in [-0.2, -0.15) is 4.37 Å². The van der Waals surface area contributed by atoms with Crippen LogP contribution in [0.25, 0.3) is 0 Å². The molecule has 0 atom stereocenters. The van der Waals surface area contributed by atoms with E-state index in [9.17, 15) is 18.4 Å². The van der Waals surface area contributed by atoms with E-state index in [4.69, 9.17) is 15.2 Å². The summed E-state index contributed by atoms with van der Waals surface area (Å²) in [6, 6.07) is 3.15. The van der Waals surface area contributed by atoms with E-state index in [1.165, 1.54) is 12.1 Å². The quantitative estimate of drug-likeness (QED) is 0.498. The first-order valence-corrected chi connectivity index (χ1v) is 10.4. The van der Waals surface area contributed by atoms with Crippen molar-refractivity contribution in [3.8, 4) is 5.88 Å². The third-order valence-electron chi connectivity index (χ3n) is 4.57. The van der Waals surface area contributed by atoms with E-state index in [0.29, 0.717) is 19.8 Å². The van der Waals surface area contributed by atoms with Gasteiger partial charge in [-0.25, -0.2) is 13.6 Å². The van der Waals surface area contributed by atoms with Gasteiger partial charge in [0.05, 0.1) is 13.2 Å². The standard InChI is InChI=1S/C19H23F2N5O4S/c20-13-4-1-3-12(15(13)21)11-30-17-14(16(22)27)18(31-25-17)24-19(28)23-5-2-6-26-7-9-29-10-8-26/h1,3-4H,2,5-11H2,(H2,22,27)(H2,23,24,28). The van der Waals surface area contributed by atoms with Crippen LogP contribution in [0, 0.1) is 11.6 Å². The maximum absolute atomic E-state index is 13.8. The molecule has 1 aromatic carbocycles. The lowest BCUT2D eigenvalue weighted by Crippen LogP contribution is -2.38. The molecule has 31 heavy (non-hydrogen) atoms. The maximum Gasteiger partial charge on any atom is 0.319 e. The largest absolute Gasteiger partial charge is 0.471 e. The number of morpholine rings is 1. The van der Waals surface area contributed by atoms with Gasteiger partial charge in [-0.05, 0) is 30.6 Å². The zero-order chi connectivity index (χ0) is 22.2. The molecule has 4 N–H and O–H groups in total. The van der Waals surface area contributed by atoms with Gasteiger partial charge >= 0.3 is 6.03 Å². The average Bonchev–Trinajstić information content (AvgIpc) is 3.15. The van der Waals surface area contributed by atoms with Gasteiger partial charge in [0.15, 0.2) is 11.6 Å². The number of halogens is 2. The first-order valence-electron chi connectivity index (χ1n) is 9.66. The molecular formula is C19H23F2N5O4S. The summed E-state index contributed by atoms with van der Waals surface area (Å²) in [4.78, 5) is 26.2. The highest BCUT2D eigenvalue weighted by molar-refractivity contribution is 7.11. The molecule has 168 valence electrons. The van der Waals surface area contributed by atoms with Gasteiger partial charge in [0.25, 0.3) is 5.91 Å². The fourth-order valence-electron chi connectivity index (χ4n) is 2.96. The molecule has 3 rings (SSSR count). The number of nitrogens with one attached hydrogen (secondary N) is 2. The smallest absolute Gasteiger partial charge is 0.319 e. The number of benzene rings is 1. The first-order chi connectivity index (χ1) is 15.0. The lowest BCUT2D eigenvalue weighted by Gasteiger charge is -2.26. The molecule has 1 aliphatic heterocycles. The molecule has 0 saturated carbocycles. The number of carbonyl (C=O) groups excluding carboxylic acids is 2. The van der Waals surface area contributed by atoms with Crippen molar-refractivity contribution in [3.05, 3.63) is 41.0 Å². The number of nitrogens with two attached hydrogens (primary N) is 1. The van der Waals surface area contributed by atoms with E-state index in [0.717, 1.165) is 43.7 Å². The molecule has 2 aromatic rings. The normalized spacial score (nSPS) is 14.3. The average molecular weight is 455 g/mol. The Balaban J connectivity index is 1.52. The zero-order valence-electron chi connectivity index (χ0n) is 16.7. The van der Waals surface area contributed by atoms with Crippen LogP contribution in [-0.4, -0.2) is 60.6 Å².